The van der Waals surface area contributed by atoms with E-state index in [9.17, 15) is 4.79 Å². The first-order valence-corrected chi connectivity index (χ1v) is 9.29. The van der Waals surface area contributed by atoms with Crippen molar-refractivity contribution in [2.24, 2.45) is 22.7 Å². The Bertz CT molecular complexity index is 682. The van der Waals surface area contributed by atoms with Crippen LogP contribution in [0.15, 0.2) is 23.0 Å². The maximum absolute atomic E-state index is 12.5. The lowest BCUT2D eigenvalue weighted by molar-refractivity contribution is -0.196. The Labute approximate surface area is 142 Å². The molecule has 0 N–H and O–H groups in total. The molecule has 4 heteroatoms. The molecule has 0 aromatic carbocycles. The summed E-state index contributed by atoms with van der Waals surface area (Å²) in [5, 5.41) is 0. The van der Waals surface area contributed by atoms with Crippen LogP contribution in [0.25, 0.3) is 0 Å². The Morgan fingerprint density at radius 1 is 1.17 bits per heavy atom. The molecular weight excluding hydrogens is 304 g/mol. The minimum Gasteiger partial charge on any atom is -0.472 e. The Kier molecular flexibility index (Phi) is 2.79. The number of esters is 1. The van der Waals surface area contributed by atoms with Gasteiger partial charge in [0.15, 0.2) is 0 Å². The van der Waals surface area contributed by atoms with Crippen molar-refractivity contribution in [1.82, 2.24) is 0 Å². The molecule has 4 aliphatic rings. The zero-order valence-electron chi connectivity index (χ0n) is 14.7. The SMILES string of the molecule is CC12C3CC4(C)OC(c5ccoc5)CC4(C)C1CCCC2C(=O)O3. The van der Waals surface area contributed by atoms with Crippen LogP contribution in [-0.2, 0) is 14.3 Å². The summed E-state index contributed by atoms with van der Waals surface area (Å²) < 4.78 is 17.8. The molecule has 2 saturated carbocycles. The van der Waals surface area contributed by atoms with Gasteiger partial charge < -0.3 is 13.9 Å². The molecule has 0 radical (unpaired) electrons. The van der Waals surface area contributed by atoms with Crippen LogP contribution in [0.5, 0.6) is 0 Å². The van der Waals surface area contributed by atoms with E-state index in [-0.39, 0.29) is 40.5 Å². The predicted octanol–water partition coefficient (Wildman–Crippen LogP) is 4.26. The summed E-state index contributed by atoms with van der Waals surface area (Å²) in [4.78, 5) is 12.5. The zero-order chi connectivity index (χ0) is 16.7. The van der Waals surface area contributed by atoms with Gasteiger partial charge in [-0.3, -0.25) is 4.79 Å². The molecule has 130 valence electrons. The van der Waals surface area contributed by atoms with Crippen LogP contribution in [0.3, 0.4) is 0 Å². The molecule has 2 aliphatic heterocycles. The molecule has 4 nitrogen and oxygen atoms in total. The molecule has 0 spiro atoms. The van der Waals surface area contributed by atoms with Gasteiger partial charge in [0, 0.05) is 22.8 Å². The van der Waals surface area contributed by atoms with E-state index >= 15 is 0 Å². The van der Waals surface area contributed by atoms with Gasteiger partial charge in [-0.15, -0.1) is 0 Å². The highest BCUT2D eigenvalue weighted by atomic mass is 16.6. The summed E-state index contributed by atoms with van der Waals surface area (Å²) in [5.74, 6) is 0.581. The average molecular weight is 330 g/mol. The van der Waals surface area contributed by atoms with Crippen LogP contribution < -0.4 is 0 Å². The zero-order valence-corrected chi connectivity index (χ0v) is 14.7. The van der Waals surface area contributed by atoms with E-state index in [4.69, 9.17) is 13.9 Å². The Morgan fingerprint density at radius 3 is 2.75 bits per heavy atom. The van der Waals surface area contributed by atoms with E-state index in [1.165, 1.54) is 6.42 Å². The third kappa shape index (κ3) is 1.56. The summed E-state index contributed by atoms with van der Waals surface area (Å²) >= 11 is 0. The van der Waals surface area contributed by atoms with Crippen LogP contribution >= 0.6 is 0 Å². The highest BCUT2D eigenvalue weighted by Crippen LogP contribution is 2.71. The molecule has 1 aromatic heterocycles. The molecule has 1 aromatic rings. The molecular formula is C20H26O4. The molecule has 2 aliphatic carbocycles. The standard InChI is InChI=1S/C20H26O4/c1-18-9-14(12-7-8-22-11-12)24-19(18,2)10-16-20(3)13(17(21)23-16)5-4-6-15(18)20/h7-8,11,13-16H,4-6,9-10H2,1-3H3. The predicted molar refractivity (Wildman–Crippen MR) is 87.1 cm³/mol. The number of fused-ring (bicyclic) bond motifs is 2. The molecule has 4 fully saturated rings. The van der Waals surface area contributed by atoms with Crippen LogP contribution in [0.1, 0.15) is 64.5 Å². The van der Waals surface area contributed by atoms with Crippen molar-refractivity contribution >= 4 is 5.97 Å². The van der Waals surface area contributed by atoms with Gasteiger partial charge in [-0.1, -0.05) is 20.3 Å². The highest BCUT2D eigenvalue weighted by Gasteiger charge is 2.73. The number of hydrogen-bond acceptors (Lipinski definition) is 4. The van der Waals surface area contributed by atoms with E-state index in [1.54, 1.807) is 12.5 Å². The van der Waals surface area contributed by atoms with E-state index in [0.29, 0.717) is 5.92 Å². The van der Waals surface area contributed by atoms with Crippen molar-refractivity contribution in [1.29, 1.82) is 0 Å². The normalized spacial score (nSPS) is 52.7. The van der Waals surface area contributed by atoms with Crippen LogP contribution in [0.4, 0.5) is 0 Å². The van der Waals surface area contributed by atoms with Gasteiger partial charge in [-0.25, -0.2) is 0 Å². The van der Waals surface area contributed by atoms with Crippen LogP contribution in [0, 0.1) is 22.7 Å². The second kappa shape index (κ2) is 4.46. The van der Waals surface area contributed by atoms with Crippen LogP contribution in [0.2, 0.25) is 0 Å². The number of ether oxygens (including phenoxy) is 2. The van der Waals surface area contributed by atoms with E-state index in [0.717, 1.165) is 31.2 Å². The molecule has 7 unspecified atom stereocenters. The number of hydrogen-bond donors (Lipinski definition) is 0. The first-order valence-electron chi connectivity index (χ1n) is 9.29. The van der Waals surface area contributed by atoms with Gasteiger partial charge in [0.1, 0.15) is 6.10 Å². The fourth-order valence-corrected chi connectivity index (χ4v) is 6.71. The number of carbonyl (C=O) groups excluding carboxylic acids is 1. The van der Waals surface area contributed by atoms with Crippen LogP contribution in [-0.4, -0.2) is 17.7 Å². The maximum Gasteiger partial charge on any atom is 0.309 e. The molecule has 7 atom stereocenters. The summed E-state index contributed by atoms with van der Waals surface area (Å²) in [7, 11) is 0. The quantitative estimate of drug-likeness (QED) is 0.722. The molecule has 0 amide bonds. The Morgan fingerprint density at radius 2 is 2.00 bits per heavy atom. The molecule has 5 rings (SSSR count). The molecule has 24 heavy (non-hydrogen) atoms. The second-order valence-electron chi connectivity index (χ2n) is 9.05. The van der Waals surface area contributed by atoms with Crippen molar-refractivity contribution in [3.63, 3.8) is 0 Å². The number of furan rings is 1. The van der Waals surface area contributed by atoms with Crippen molar-refractivity contribution < 1.29 is 18.7 Å². The minimum absolute atomic E-state index is 0.00137. The highest BCUT2D eigenvalue weighted by molar-refractivity contribution is 5.76. The fraction of sp³-hybridized carbons (Fsp3) is 0.750. The number of carbonyl (C=O) groups is 1. The first kappa shape index (κ1) is 15.0. The van der Waals surface area contributed by atoms with E-state index in [2.05, 4.69) is 20.8 Å². The summed E-state index contributed by atoms with van der Waals surface area (Å²) in [6.07, 6.45) is 8.70. The fourth-order valence-electron chi connectivity index (χ4n) is 6.71. The number of rotatable bonds is 1. The third-order valence-corrected chi connectivity index (χ3v) is 8.20. The van der Waals surface area contributed by atoms with E-state index in [1.807, 2.05) is 6.07 Å². The maximum atomic E-state index is 12.5. The topological polar surface area (TPSA) is 48.7 Å². The van der Waals surface area contributed by atoms with E-state index < -0.39 is 0 Å². The van der Waals surface area contributed by atoms with Crippen molar-refractivity contribution in [3.8, 4) is 0 Å². The average Bonchev–Trinajstić information content (AvgIpc) is 3.19. The van der Waals surface area contributed by atoms with Gasteiger partial charge >= 0.3 is 5.97 Å². The van der Waals surface area contributed by atoms with Gasteiger partial charge in [0.25, 0.3) is 0 Å². The van der Waals surface area contributed by atoms with Crippen molar-refractivity contribution in [2.45, 2.75) is 70.7 Å². The van der Waals surface area contributed by atoms with Crippen molar-refractivity contribution in [3.05, 3.63) is 24.2 Å². The third-order valence-electron chi connectivity index (χ3n) is 8.20. The lowest BCUT2D eigenvalue weighted by atomic mass is 9.44. The van der Waals surface area contributed by atoms with Crippen molar-refractivity contribution in [2.75, 3.05) is 0 Å². The summed E-state index contributed by atoms with van der Waals surface area (Å²) in [5.41, 5.74) is 0.910. The second-order valence-corrected chi connectivity index (χ2v) is 9.05. The molecule has 3 heterocycles. The molecule has 2 saturated heterocycles. The van der Waals surface area contributed by atoms with Gasteiger partial charge in [0.05, 0.1) is 30.1 Å². The minimum atomic E-state index is -0.254. The van der Waals surface area contributed by atoms with Gasteiger partial charge in [0.2, 0.25) is 0 Å². The van der Waals surface area contributed by atoms with Gasteiger partial charge in [-0.05, 0) is 38.2 Å². The molecule has 0 bridgehead atoms. The summed E-state index contributed by atoms with van der Waals surface area (Å²) in [6.45, 7) is 6.94. The lowest BCUT2D eigenvalue weighted by Gasteiger charge is -2.60. The van der Waals surface area contributed by atoms with Gasteiger partial charge in [-0.2, -0.15) is 0 Å². The summed E-state index contributed by atoms with van der Waals surface area (Å²) in [6, 6.07) is 2.01. The smallest absolute Gasteiger partial charge is 0.309 e. The first-order chi connectivity index (χ1) is 11.4. The largest absolute Gasteiger partial charge is 0.472 e. The lowest BCUT2D eigenvalue weighted by Crippen LogP contribution is -2.62. The Balaban J connectivity index is 1.59. The monoisotopic (exact) mass is 330 g/mol. The Hall–Kier alpha value is -1.29.